The van der Waals surface area contributed by atoms with Gasteiger partial charge in [0.2, 0.25) is 0 Å². The molecule has 3 nitrogen and oxygen atoms in total. The second kappa shape index (κ2) is 3.94. The van der Waals surface area contributed by atoms with Crippen LogP contribution in [0.1, 0.15) is 5.69 Å². The monoisotopic (exact) mass is 304 g/mol. The number of hydrogen-bond acceptors (Lipinski definition) is 4. The Labute approximate surface area is 113 Å². The summed E-state index contributed by atoms with van der Waals surface area (Å²) in [7, 11) is 0. The van der Waals surface area contributed by atoms with Gasteiger partial charge in [0.05, 0.1) is 15.6 Å². The molecule has 0 aliphatic heterocycles. The Kier molecular flexibility index (Phi) is 2.58. The van der Waals surface area contributed by atoms with E-state index in [0.717, 1.165) is 29.8 Å². The maximum atomic E-state index is 12.6. The van der Waals surface area contributed by atoms with Crippen molar-refractivity contribution in [2.75, 3.05) is 0 Å². The van der Waals surface area contributed by atoms with Crippen molar-refractivity contribution in [2.24, 2.45) is 0 Å². The summed E-state index contributed by atoms with van der Waals surface area (Å²) in [5, 5.41) is 10.3. The third-order valence-electron chi connectivity index (χ3n) is 2.61. The standard InChI is InChI=1S/C11H4ClF3N2OS/c12-10-8-4-1-7(11(13,14)15)16-3-6(4)19-9(8)5(18)2-17-10/h1-3,18H. The fraction of sp³-hybridized carbons (Fsp3) is 0.0909. The van der Waals surface area contributed by atoms with Gasteiger partial charge >= 0.3 is 6.18 Å². The number of halogens is 4. The largest absolute Gasteiger partial charge is 0.505 e. The summed E-state index contributed by atoms with van der Waals surface area (Å²) in [5.41, 5.74) is -1.00. The van der Waals surface area contributed by atoms with E-state index in [1.54, 1.807) is 0 Å². The molecule has 0 saturated heterocycles. The molecule has 19 heavy (non-hydrogen) atoms. The topological polar surface area (TPSA) is 46.0 Å². The molecule has 98 valence electrons. The minimum Gasteiger partial charge on any atom is -0.505 e. The molecule has 0 aliphatic carbocycles. The summed E-state index contributed by atoms with van der Waals surface area (Å²) >= 11 is 7.02. The molecule has 1 N–H and O–H groups in total. The Morgan fingerprint density at radius 3 is 2.63 bits per heavy atom. The van der Waals surface area contributed by atoms with Crippen LogP contribution in [0.2, 0.25) is 5.15 Å². The highest BCUT2D eigenvalue weighted by molar-refractivity contribution is 7.26. The number of alkyl halides is 3. The first-order valence-electron chi connectivity index (χ1n) is 5.01. The quantitative estimate of drug-likeness (QED) is 0.632. The SMILES string of the molecule is Oc1cnc(Cl)c2c1sc1cnc(C(F)(F)F)cc12. The maximum absolute atomic E-state index is 12.6. The highest BCUT2D eigenvalue weighted by Gasteiger charge is 2.33. The zero-order valence-corrected chi connectivity index (χ0v) is 10.6. The van der Waals surface area contributed by atoms with Crippen molar-refractivity contribution in [1.29, 1.82) is 0 Å². The Morgan fingerprint density at radius 2 is 1.95 bits per heavy atom. The van der Waals surface area contributed by atoms with Crippen LogP contribution in [0.5, 0.6) is 5.75 Å². The van der Waals surface area contributed by atoms with Gasteiger partial charge in [-0.1, -0.05) is 11.6 Å². The summed E-state index contributed by atoms with van der Waals surface area (Å²) < 4.78 is 38.8. The van der Waals surface area contributed by atoms with E-state index in [1.807, 2.05) is 0 Å². The van der Waals surface area contributed by atoms with E-state index in [9.17, 15) is 18.3 Å². The zero-order valence-electron chi connectivity index (χ0n) is 8.99. The van der Waals surface area contributed by atoms with Crippen molar-refractivity contribution in [2.45, 2.75) is 6.18 Å². The van der Waals surface area contributed by atoms with Gasteiger partial charge in [-0.2, -0.15) is 13.2 Å². The average Bonchev–Trinajstić information content (AvgIpc) is 2.72. The molecule has 0 aromatic carbocycles. The van der Waals surface area contributed by atoms with Crippen LogP contribution in [0, 0.1) is 0 Å². The zero-order chi connectivity index (χ0) is 13.8. The van der Waals surface area contributed by atoms with E-state index in [0.29, 0.717) is 14.8 Å². The first-order chi connectivity index (χ1) is 8.88. The number of fused-ring (bicyclic) bond motifs is 3. The van der Waals surface area contributed by atoms with E-state index in [-0.39, 0.29) is 16.3 Å². The second-order valence-corrected chi connectivity index (χ2v) is 5.21. The predicted octanol–water partition coefficient (Wildman–Crippen LogP) is 4.22. The van der Waals surface area contributed by atoms with Gasteiger partial charge in [0, 0.05) is 17.0 Å². The Bertz CT molecular complexity index is 800. The van der Waals surface area contributed by atoms with Crippen LogP contribution in [0.4, 0.5) is 13.2 Å². The lowest BCUT2D eigenvalue weighted by molar-refractivity contribution is -0.141. The minimum absolute atomic E-state index is 0.0541. The summed E-state index contributed by atoms with van der Waals surface area (Å²) in [4.78, 5) is 7.11. The van der Waals surface area contributed by atoms with E-state index >= 15 is 0 Å². The Balaban J connectivity index is 2.45. The van der Waals surface area contributed by atoms with Gasteiger partial charge in [0.15, 0.2) is 5.75 Å². The fourth-order valence-corrected chi connectivity index (χ4v) is 3.15. The number of pyridine rings is 2. The summed E-state index contributed by atoms with van der Waals surface area (Å²) in [6.45, 7) is 0. The van der Waals surface area contributed by atoms with Crippen molar-refractivity contribution in [3.8, 4) is 5.75 Å². The van der Waals surface area contributed by atoms with Crippen LogP contribution in [0.3, 0.4) is 0 Å². The minimum atomic E-state index is -4.53. The van der Waals surface area contributed by atoms with Gasteiger partial charge in [-0.3, -0.25) is 4.98 Å². The van der Waals surface area contributed by atoms with Gasteiger partial charge in [0.1, 0.15) is 10.8 Å². The molecule has 0 aliphatic rings. The number of rotatable bonds is 0. The lowest BCUT2D eigenvalue weighted by atomic mass is 10.2. The molecule has 3 rings (SSSR count). The van der Waals surface area contributed by atoms with Gasteiger partial charge in [-0.25, -0.2) is 4.98 Å². The van der Waals surface area contributed by atoms with Crippen molar-refractivity contribution in [3.63, 3.8) is 0 Å². The summed E-state index contributed by atoms with van der Waals surface area (Å²) in [5.74, 6) is -0.117. The lowest BCUT2D eigenvalue weighted by Gasteiger charge is -2.04. The molecule has 0 bridgehead atoms. The molecule has 3 heterocycles. The predicted molar refractivity (Wildman–Crippen MR) is 66.6 cm³/mol. The lowest BCUT2D eigenvalue weighted by Crippen LogP contribution is -2.06. The molecule has 0 amide bonds. The first kappa shape index (κ1) is 12.4. The van der Waals surface area contributed by atoms with Crippen LogP contribution in [0.15, 0.2) is 18.5 Å². The van der Waals surface area contributed by atoms with Crippen molar-refractivity contribution in [3.05, 3.63) is 29.3 Å². The molecule has 0 spiro atoms. The van der Waals surface area contributed by atoms with Crippen LogP contribution in [0.25, 0.3) is 20.2 Å². The van der Waals surface area contributed by atoms with Crippen LogP contribution >= 0.6 is 22.9 Å². The molecule has 0 saturated carbocycles. The van der Waals surface area contributed by atoms with Crippen LogP contribution in [-0.2, 0) is 6.18 Å². The fourth-order valence-electron chi connectivity index (χ4n) is 1.78. The molecule has 3 aromatic heterocycles. The van der Waals surface area contributed by atoms with Gasteiger partial charge in [-0.05, 0) is 6.07 Å². The van der Waals surface area contributed by atoms with E-state index in [2.05, 4.69) is 9.97 Å². The molecule has 0 atom stereocenters. The van der Waals surface area contributed by atoms with Gasteiger partial charge in [0.25, 0.3) is 0 Å². The van der Waals surface area contributed by atoms with Crippen molar-refractivity contribution in [1.82, 2.24) is 9.97 Å². The van der Waals surface area contributed by atoms with E-state index in [1.165, 1.54) is 0 Å². The second-order valence-electron chi connectivity index (χ2n) is 3.80. The number of aromatic nitrogens is 2. The average molecular weight is 305 g/mol. The van der Waals surface area contributed by atoms with Gasteiger partial charge < -0.3 is 5.11 Å². The maximum Gasteiger partial charge on any atom is 0.433 e. The summed E-state index contributed by atoms with van der Waals surface area (Å²) in [6, 6.07) is 0.918. The highest BCUT2D eigenvalue weighted by atomic mass is 35.5. The van der Waals surface area contributed by atoms with Crippen molar-refractivity contribution < 1.29 is 18.3 Å². The Hall–Kier alpha value is -1.60. The van der Waals surface area contributed by atoms with E-state index < -0.39 is 11.9 Å². The third kappa shape index (κ3) is 1.89. The smallest absolute Gasteiger partial charge is 0.433 e. The molecular weight excluding hydrogens is 301 g/mol. The number of aromatic hydroxyl groups is 1. The third-order valence-corrected chi connectivity index (χ3v) is 4.05. The molecular formula is C11H4ClF3N2OS. The molecule has 0 fully saturated rings. The molecule has 3 aromatic rings. The number of hydrogen-bond donors (Lipinski definition) is 1. The molecule has 0 unspecified atom stereocenters. The molecule has 0 radical (unpaired) electrons. The normalized spacial score (nSPS) is 12.4. The number of nitrogens with zero attached hydrogens (tertiary/aromatic N) is 2. The Morgan fingerprint density at radius 1 is 1.21 bits per heavy atom. The highest BCUT2D eigenvalue weighted by Crippen LogP contribution is 2.42. The van der Waals surface area contributed by atoms with Crippen molar-refractivity contribution >= 4 is 43.1 Å². The van der Waals surface area contributed by atoms with Crippen LogP contribution in [-0.4, -0.2) is 15.1 Å². The van der Waals surface area contributed by atoms with Gasteiger partial charge in [-0.15, -0.1) is 11.3 Å². The van der Waals surface area contributed by atoms with Crippen LogP contribution < -0.4 is 0 Å². The number of thiophene rings is 1. The molecule has 8 heteroatoms. The first-order valence-corrected chi connectivity index (χ1v) is 6.20. The van der Waals surface area contributed by atoms with E-state index in [4.69, 9.17) is 11.6 Å². The summed E-state index contributed by atoms with van der Waals surface area (Å²) in [6.07, 6.45) is -2.24.